The highest BCUT2D eigenvalue weighted by Crippen LogP contribution is 2.24. The van der Waals surface area contributed by atoms with Crippen LogP contribution in [0.5, 0.6) is 0 Å². The number of amides is 2. The van der Waals surface area contributed by atoms with Gasteiger partial charge in [0, 0.05) is 45.8 Å². The highest BCUT2D eigenvalue weighted by molar-refractivity contribution is 7.89. The third kappa shape index (κ3) is 10.6. The Morgan fingerprint density at radius 1 is 0.894 bits per heavy atom. The van der Waals surface area contributed by atoms with Gasteiger partial charge < -0.3 is 20.7 Å². The predicted molar refractivity (Wildman–Crippen MR) is 192 cm³/mol. The number of morpholine rings is 1. The Kier molecular flexibility index (Phi) is 14.9. The molecule has 1 fully saturated rings. The van der Waals surface area contributed by atoms with E-state index in [1.165, 1.54) is 0 Å². The van der Waals surface area contributed by atoms with Gasteiger partial charge in [-0.25, -0.2) is 17.9 Å². The SMILES string of the molecule is C[C@H](NC(=O)N(CCCN1CCOCC1)Cc1ccc(S(=O)(=O)NCc2ccc(CN)cc2)cc1)c1cccc2ccccc12.Cl.Cl. The molecule has 1 heterocycles. The number of sulfonamides is 1. The molecule has 1 aliphatic heterocycles. The molecular weight excluding hydrogens is 657 g/mol. The monoisotopic (exact) mass is 701 g/mol. The van der Waals surface area contributed by atoms with Crippen LogP contribution < -0.4 is 15.8 Å². The number of ether oxygens (including phenoxy) is 1. The van der Waals surface area contributed by atoms with Crippen molar-refractivity contribution < 1.29 is 17.9 Å². The number of hydrogen-bond acceptors (Lipinski definition) is 6. The van der Waals surface area contributed by atoms with Crippen LogP contribution in [0.1, 0.15) is 41.6 Å². The van der Waals surface area contributed by atoms with Crippen LogP contribution in [0.15, 0.2) is 95.9 Å². The summed E-state index contributed by atoms with van der Waals surface area (Å²) in [6.07, 6.45) is 0.818. The lowest BCUT2D eigenvalue weighted by Gasteiger charge is -2.29. The molecule has 9 nitrogen and oxygen atoms in total. The van der Waals surface area contributed by atoms with Crippen molar-refractivity contribution in [3.8, 4) is 0 Å². The molecule has 254 valence electrons. The van der Waals surface area contributed by atoms with Gasteiger partial charge in [-0.1, -0.05) is 78.9 Å². The van der Waals surface area contributed by atoms with E-state index in [-0.39, 0.29) is 48.3 Å². The van der Waals surface area contributed by atoms with Gasteiger partial charge in [-0.05, 0) is 58.5 Å². The maximum absolute atomic E-state index is 13.7. The molecule has 0 aliphatic carbocycles. The van der Waals surface area contributed by atoms with Crippen LogP contribution in [0.3, 0.4) is 0 Å². The number of nitrogens with two attached hydrogens (primary N) is 1. The fraction of sp³-hybridized carbons (Fsp3) is 0.343. The summed E-state index contributed by atoms with van der Waals surface area (Å²) < 4.78 is 34.1. The van der Waals surface area contributed by atoms with Crippen LogP contribution in [0, 0.1) is 0 Å². The molecule has 0 bridgehead atoms. The van der Waals surface area contributed by atoms with Crippen molar-refractivity contribution in [3.63, 3.8) is 0 Å². The van der Waals surface area contributed by atoms with E-state index in [4.69, 9.17) is 10.5 Å². The predicted octanol–water partition coefficient (Wildman–Crippen LogP) is 5.62. The molecule has 2 amide bonds. The highest BCUT2D eigenvalue weighted by Gasteiger charge is 2.20. The molecule has 0 radical (unpaired) electrons. The lowest BCUT2D eigenvalue weighted by Crippen LogP contribution is -2.43. The standard InChI is InChI=1S/C35H43N5O4S.2ClH/c1-27(33-9-4-7-31-6-2-3-8-34(31)33)38-35(41)40(19-5-18-39-20-22-44-23-21-39)26-30-14-16-32(17-15-30)45(42,43)37-25-29-12-10-28(24-36)11-13-29;;/h2-4,6-17,27,37H,5,18-26,36H2,1H3,(H,38,41);2*1H/t27-;;/m0../s1. The number of hydrogen-bond donors (Lipinski definition) is 3. The largest absolute Gasteiger partial charge is 0.379 e. The topological polar surface area (TPSA) is 117 Å². The van der Waals surface area contributed by atoms with Crippen LogP contribution in [-0.4, -0.2) is 63.6 Å². The number of carbonyl (C=O) groups is 1. The van der Waals surface area contributed by atoms with Gasteiger partial charge in [0.25, 0.3) is 0 Å². The number of nitrogens with zero attached hydrogens (tertiary/aromatic N) is 2. The Hall–Kier alpha value is -3.22. The summed E-state index contributed by atoms with van der Waals surface area (Å²) in [5.74, 6) is 0. The van der Waals surface area contributed by atoms with Gasteiger partial charge in [-0.3, -0.25) is 4.90 Å². The fourth-order valence-electron chi connectivity index (χ4n) is 5.59. The Labute approximate surface area is 290 Å². The molecule has 1 saturated heterocycles. The molecule has 5 rings (SSSR count). The quantitative estimate of drug-likeness (QED) is 0.167. The Bertz CT molecular complexity index is 1660. The molecule has 0 aromatic heterocycles. The summed E-state index contributed by atoms with van der Waals surface area (Å²) >= 11 is 0. The van der Waals surface area contributed by atoms with E-state index in [1.54, 1.807) is 24.3 Å². The van der Waals surface area contributed by atoms with E-state index in [1.807, 2.05) is 54.3 Å². The summed E-state index contributed by atoms with van der Waals surface area (Å²) in [5.41, 5.74) is 9.41. The molecule has 1 aliphatic rings. The Morgan fingerprint density at radius 3 is 2.23 bits per heavy atom. The number of rotatable bonds is 13. The van der Waals surface area contributed by atoms with Crippen LogP contribution in [-0.2, 0) is 34.4 Å². The maximum atomic E-state index is 13.7. The molecule has 4 N–H and O–H groups in total. The molecule has 1 atom stereocenters. The van der Waals surface area contributed by atoms with Gasteiger partial charge in [0.1, 0.15) is 0 Å². The minimum absolute atomic E-state index is 0. The van der Waals surface area contributed by atoms with E-state index >= 15 is 0 Å². The lowest BCUT2D eigenvalue weighted by molar-refractivity contribution is 0.0364. The van der Waals surface area contributed by atoms with Gasteiger partial charge in [0.2, 0.25) is 10.0 Å². The van der Waals surface area contributed by atoms with E-state index in [9.17, 15) is 13.2 Å². The summed E-state index contributed by atoms with van der Waals surface area (Å²) in [7, 11) is -3.71. The maximum Gasteiger partial charge on any atom is 0.318 e. The smallest absolute Gasteiger partial charge is 0.318 e. The Morgan fingerprint density at radius 2 is 1.53 bits per heavy atom. The van der Waals surface area contributed by atoms with Crippen molar-refractivity contribution >= 4 is 51.6 Å². The zero-order valence-electron chi connectivity index (χ0n) is 26.6. The summed E-state index contributed by atoms with van der Waals surface area (Å²) in [6, 6.07) is 28.2. The van der Waals surface area contributed by atoms with Crippen LogP contribution in [0.2, 0.25) is 0 Å². The van der Waals surface area contributed by atoms with Gasteiger partial charge in [-0.2, -0.15) is 0 Å². The van der Waals surface area contributed by atoms with Crippen molar-refractivity contribution in [3.05, 3.63) is 113 Å². The van der Waals surface area contributed by atoms with E-state index in [2.05, 4.69) is 39.2 Å². The lowest BCUT2D eigenvalue weighted by atomic mass is 10.00. The fourth-order valence-corrected chi connectivity index (χ4v) is 6.61. The number of halogens is 2. The molecular formula is C35H45Cl2N5O4S. The number of benzene rings is 4. The zero-order chi connectivity index (χ0) is 31.6. The van der Waals surface area contributed by atoms with Gasteiger partial charge in [-0.15, -0.1) is 24.8 Å². The average Bonchev–Trinajstić information content (AvgIpc) is 3.07. The third-order valence-electron chi connectivity index (χ3n) is 8.26. The van der Waals surface area contributed by atoms with Crippen molar-refractivity contribution in [2.75, 3.05) is 39.4 Å². The first-order valence-corrected chi connectivity index (χ1v) is 17.0. The van der Waals surface area contributed by atoms with E-state index < -0.39 is 10.0 Å². The molecule has 0 unspecified atom stereocenters. The molecule has 4 aromatic carbocycles. The van der Waals surface area contributed by atoms with Crippen molar-refractivity contribution in [1.29, 1.82) is 0 Å². The minimum atomic E-state index is -3.71. The summed E-state index contributed by atoms with van der Waals surface area (Å²) in [5, 5.41) is 5.46. The Balaban J connectivity index is 0.00000300. The first kappa shape index (κ1) is 38.2. The number of nitrogens with one attached hydrogen (secondary N) is 2. The van der Waals surface area contributed by atoms with Crippen molar-refractivity contribution in [2.45, 2.75) is 43.9 Å². The van der Waals surface area contributed by atoms with Crippen LogP contribution in [0.25, 0.3) is 10.8 Å². The molecule has 12 heteroatoms. The first-order valence-electron chi connectivity index (χ1n) is 15.5. The molecule has 0 saturated carbocycles. The van der Waals surface area contributed by atoms with Gasteiger partial charge >= 0.3 is 6.03 Å². The second-order valence-corrected chi connectivity index (χ2v) is 13.2. The van der Waals surface area contributed by atoms with Crippen molar-refractivity contribution in [1.82, 2.24) is 19.8 Å². The molecule has 47 heavy (non-hydrogen) atoms. The normalized spacial score (nSPS) is 14.1. The number of urea groups is 1. The van der Waals surface area contributed by atoms with Crippen LogP contribution >= 0.6 is 24.8 Å². The highest BCUT2D eigenvalue weighted by atomic mass is 35.5. The molecule has 4 aromatic rings. The summed E-state index contributed by atoms with van der Waals surface area (Å²) in [6.45, 7) is 7.69. The van der Waals surface area contributed by atoms with E-state index in [0.717, 1.165) is 72.3 Å². The first-order chi connectivity index (χ1) is 21.8. The van der Waals surface area contributed by atoms with Gasteiger partial charge in [0.15, 0.2) is 0 Å². The minimum Gasteiger partial charge on any atom is -0.379 e. The van der Waals surface area contributed by atoms with E-state index in [0.29, 0.717) is 19.6 Å². The third-order valence-corrected chi connectivity index (χ3v) is 9.67. The van der Waals surface area contributed by atoms with Crippen molar-refractivity contribution in [2.24, 2.45) is 5.73 Å². The summed E-state index contributed by atoms with van der Waals surface area (Å²) in [4.78, 5) is 18.1. The second-order valence-electron chi connectivity index (χ2n) is 11.5. The zero-order valence-corrected chi connectivity index (χ0v) is 29.1. The number of fused-ring (bicyclic) bond motifs is 1. The van der Waals surface area contributed by atoms with Gasteiger partial charge in [0.05, 0.1) is 24.2 Å². The second kappa shape index (κ2) is 18.4. The number of carbonyl (C=O) groups excluding carboxylic acids is 1. The molecule has 0 spiro atoms. The van der Waals surface area contributed by atoms with Crippen LogP contribution in [0.4, 0.5) is 4.79 Å². The average molecular weight is 703 g/mol.